The van der Waals surface area contributed by atoms with Crippen LogP contribution in [0, 0.1) is 17.5 Å². The number of anilines is 2. The summed E-state index contributed by atoms with van der Waals surface area (Å²) in [5.74, 6) is -3.74. The number of unbranched alkanes of at least 4 members (excludes halogenated alkanes) is 1. The smallest absolute Gasteiger partial charge is 0.308 e. The second-order valence-electron chi connectivity index (χ2n) is 6.41. The van der Waals surface area contributed by atoms with Gasteiger partial charge in [0.05, 0.1) is 5.69 Å². The first-order valence-electron chi connectivity index (χ1n) is 8.63. The number of halogens is 4. The molecular weight excluding hydrogens is 415 g/mol. The van der Waals surface area contributed by atoms with Crippen LogP contribution in [0.2, 0.25) is 5.02 Å². The average Bonchev–Trinajstić information content (AvgIpc) is 2.60. The van der Waals surface area contributed by atoms with Crippen molar-refractivity contribution in [3.8, 4) is 0 Å². The summed E-state index contributed by atoms with van der Waals surface area (Å²) in [4.78, 5) is 0. The summed E-state index contributed by atoms with van der Waals surface area (Å²) in [6.07, 6.45) is 1.28. The molecule has 0 unspecified atom stereocenters. The second-order valence-corrected chi connectivity index (χ2v) is 8.62. The topological polar surface area (TPSA) is 52.6 Å². The quantitative estimate of drug-likeness (QED) is 0.702. The van der Waals surface area contributed by atoms with E-state index in [4.69, 9.17) is 11.6 Å². The van der Waals surface area contributed by atoms with Crippen molar-refractivity contribution in [3.05, 3.63) is 58.4 Å². The highest BCUT2D eigenvalue weighted by molar-refractivity contribution is 7.90. The first-order valence-corrected chi connectivity index (χ1v) is 10.4. The Morgan fingerprint density at radius 3 is 2.43 bits per heavy atom. The van der Waals surface area contributed by atoms with Gasteiger partial charge in [-0.3, -0.25) is 0 Å². The summed E-state index contributed by atoms with van der Waals surface area (Å²) in [5.41, 5.74) is -0.260. The molecule has 0 bridgehead atoms. The Morgan fingerprint density at radius 2 is 1.79 bits per heavy atom. The fourth-order valence-corrected chi connectivity index (χ4v) is 5.06. The fraction of sp³-hybridized carbons (Fsp3) is 0.333. The molecular formula is C18H19ClF3N3O2S. The summed E-state index contributed by atoms with van der Waals surface area (Å²) in [7, 11) is -2.50. The van der Waals surface area contributed by atoms with E-state index in [2.05, 4.69) is 5.32 Å². The van der Waals surface area contributed by atoms with E-state index in [-0.39, 0.29) is 18.8 Å². The maximum absolute atomic E-state index is 14.5. The van der Waals surface area contributed by atoms with E-state index in [0.717, 1.165) is 10.7 Å². The lowest BCUT2D eigenvalue weighted by atomic mass is 10.1. The van der Waals surface area contributed by atoms with Crippen LogP contribution < -0.4 is 9.62 Å². The normalized spacial score (nSPS) is 16.2. The molecule has 2 aromatic rings. The highest BCUT2D eigenvalue weighted by Gasteiger charge is 2.40. The van der Waals surface area contributed by atoms with Crippen molar-refractivity contribution < 1.29 is 21.6 Å². The van der Waals surface area contributed by atoms with Crippen LogP contribution in [0.5, 0.6) is 0 Å². The van der Waals surface area contributed by atoms with Crippen molar-refractivity contribution in [2.75, 3.05) is 24.4 Å². The molecule has 1 heterocycles. The summed E-state index contributed by atoms with van der Waals surface area (Å²) < 4.78 is 70.4. The van der Waals surface area contributed by atoms with Gasteiger partial charge in [-0.2, -0.15) is 12.7 Å². The molecule has 0 atom stereocenters. The average molecular weight is 434 g/mol. The molecule has 2 aromatic carbocycles. The van der Waals surface area contributed by atoms with Crippen LogP contribution in [0.25, 0.3) is 0 Å². The lowest BCUT2D eigenvalue weighted by Crippen LogP contribution is -2.46. The third kappa shape index (κ3) is 3.98. The zero-order valence-corrected chi connectivity index (χ0v) is 16.6. The standard InChI is InChI=1S/C18H19ClF3N3O2S/c1-23-6-2-3-7-24-11-12-8-13(19)4-5-17(12)25(28(24,26)27)18-15(21)9-14(20)10-16(18)22/h4-5,8-10,23H,2-3,6-7,11H2,1H3. The van der Waals surface area contributed by atoms with Crippen LogP contribution in [-0.2, 0) is 16.8 Å². The molecule has 10 heteroatoms. The van der Waals surface area contributed by atoms with E-state index in [9.17, 15) is 21.6 Å². The highest BCUT2D eigenvalue weighted by Crippen LogP contribution is 2.41. The predicted octanol–water partition coefficient (Wildman–Crippen LogP) is 3.96. The molecule has 0 saturated heterocycles. The van der Waals surface area contributed by atoms with Gasteiger partial charge in [-0.15, -0.1) is 0 Å². The Labute approximate surface area is 166 Å². The molecule has 0 fully saturated rings. The van der Waals surface area contributed by atoms with Crippen molar-refractivity contribution >= 4 is 33.2 Å². The third-order valence-corrected chi connectivity index (χ3v) is 6.47. The van der Waals surface area contributed by atoms with Crippen LogP contribution in [0.1, 0.15) is 18.4 Å². The van der Waals surface area contributed by atoms with Crippen molar-refractivity contribution in [2.45, 2.75) is 19.4 Å². The number of nitrogens with one attached hydrogen (secondary N) is 1. The van der Waals surface area contributed by atoms with Crippen LogP contribution >= 0.6 is 11.6 Å². The molecule has 3 rings (SSSR count). The largest absolute Gasteiger partial charge is 0.320 e. The van der Waals surface area contributed by atoms with Crippen LogP contribution in [0.3, 0.4) is 0 Å². The van der Waals surface area contributed by atoms with E-state index in [1.807, 2.05) is 0 Å². The van der Waals surface area contributed by atoms with Gasteiger partial charge in [-0.25, -0.2) is 17.5 Å². The maximum atomic E-state index is 14.5. The van der Waals surface area contributed by atoms with E-state index < -0.39 is 33.3 Å². The van der Waals surface area contributed by atoms with E-state index in [0.29, 0.717) is 40.0 Å². The molecule has 152 valence electrons. The SMILES string of the molecule is CNCCCCN1Cc2cc(Cl)ccc2N(c2c(F)cc(F)cc2F)S1(=O)=O. The van der Waals surface area contributed by atoms with Crippen molar-refractivity contribution in [1.29, 1.82) is 0 Å². The van der Waals surface area contributed by atoms with Crippen molar-refractivity contribution in [1.82, 2.24) is 9.62 Å². The Kier molecular flexibility index (Phi) is 6.18. The third-order valence-electron chi connectivity index (χ3n) is 4.43. The van der Waals surface area contributed by atoms with Crippen molar-refractivity contribution in [2.24, 2.45) is 0 Å². The second kappa shape index (κ2) is 8.28. The zero-order valence-electron chi connectivity index (χ0n) is 15.1. The van der Waals surface area contributed by atoms with Crippen LogP contribution in [0.15, 0.2) is 30.3 Å². The zero-order chi connectivity index (χ0) is 20.5. The molecule has 28 heavy (non-hydrogen) atoms. The molecule has 0 aliphatic carbocycles. The Morgan fingerprint density at radius 1 is 1.11 bits per heavy atom. The number of hydrogen-bond donors (Lipinski definition) is 1. The molecule has 1 aliphatic heterocycles. The number of fused-ring (bicyclic) bond motifs is 1. The van der Waals surface area contributed by atoms with Crippen molar-refractivity contribution in [3.63, 3.8) is 0 Å². The fourth-order valence-electron chi connectivity index (χ4n) is 3.14. The van der Waals surface area contributed by atoms with Gasteiger partial charge in [0, 0.05) is 30.2 Å². The summed E-state index contributed by atoms with van der Waals surface area (Å²) in [5, 5.41) is 3.34. The Balaban J connectivity index is 2.11. The minimum absolute atomic E-state index is 0.0265. The monoisotopic (exact) mass is 433 g/mol. The van der Waals surface area contributed by atoms with Gasteiger partial charge in [0.15, 0.2) is 11.6 Å². The summed E-state index contributed by atoms with van der Waals surface area (Å²) in [6, 6.07) is 5.28. The Bertz CT molecular complexity index is 965. The van der Waals surface area contributed by atoms with Gasteiger partial charge in [-0.05, 0) is 50.2 Å². The maximum Gasteiger partial charge on any atom is 0.308 e. The van der Waals surface area contributed by atoms with Gasteiger partial charge in [-0.1, -0.05) is 11.6 Å². The molecule has 0 radical (unpaired) electrons. The van der Waals surface area contributed by atoms with Gasteiger partial charge in [0.25, 0.3) is 0 Å². The highest BCUT2D eigenvalue weighted by atomic mass is 35.5. The first-order chi connectivity index (χ1) is 13.3. The molecule has 0 saturated carbocycles. The number of hydrogen-bond acceptors (Lipinski definition) is 3. The Hall–Kier alpha value is -1.81. The summed E-state index contributed by atoms with van der Waals surface area (Å²) >= 11 is 6.03. The molecule has 0 spiro atoms. The molecule has 5 nitrogen and oxygen atoms in total. The number of rotatable bonds is 6. The molecule has 0 aromatic heterocycles. The summed E-state index contributed by atoms with van der Waals surface area (Å²) in [6.45, 7) is 0.900. The van der Waals surface area contributed by atoms with Crippen LogP contribution in [0.4, 0.5) is 24.5 Å². The number of nitrogens with zero attached hydrogens (tertiary/aromatic N) is 2. The van der Waals surface area contributed by atoms with E-state index in [1.165, 1.54) is 12.1 Å². The number of benzene rings is 2. The lowest BCUT2D eigenvalue weighted by Gasteiger charge is -2.37. The molecule has 0 amide bonds. The molecule has 1 N–H and O–H groups in total. The molecule has 1 aliphatic rings. The van der Waals surface area contributed by atoms with Gasteiger partial charge >= 0.3 is 10.2 Å². The predicted molar refractivity (Wildman–Crippen MR) is 102 cm³/mol. The van der Waals surface area contributed by atoms with Gasteiger partial charge in [0.2, 0.25) is 0 Å². The lowest BCUT2D eigenvalue weighted by molar-refractivity contribution is 0.388. The van der Waals surface area contributed by atoms with E-state index in [1.54, 1.807) is 13.1 Å². The van der Waals surface area contributed by atoms with Crippen LogP contribution in [-0.4, -0.2) is 32.9 Å². The van der Waals surface area contributed by atoms with E-state index >= 15 is 0 Å². The van der Waals surface area contributed by atoms with Gasteiger partial charge < -0.3 is 5.32 Å². The minimum atomic E-state index is -4.29. The van der Waals surface area contributed by atoms with Gasteiger partial charge in [0.1, 0.15) is 11.5 Å². The first kappa shape index (κ1) is 20.9. The minimum Gasteiger partial charge on any atom is -0.320 e.